The molecule has 15 heavy (non-hydrogen) atoms. The third-order valence-electron chi connectivity index (χ3n) is 2.31. The van der Waals surface area contributed by atoms with Crippen molar-refractivity contribution in [3.05, 3.63) is 29.5 Å². The Morgan fingerprint density at radius 3 is 3.07 bits per heavy atom. The fourth-order valence-electron chi connectivity index (χ4n) is 1.62. The minimum Gasteiger partial charge on any atom is -0.507 e. The highest BCUT2D eigenvalue weighted by Gasteiger charge is 2.07. The van der Waals surface area contributed by atoms with E-state index >= 15 is 0 Å². The van der Waals surface area contributed by atoms with E-state index < -0.39 is 0 Å². The van der Waals surface area contributed by atoms with E-state index in [1.165, 1.54) is 6.08 Å². The molecule has 0 aliphatic carbocycles. The fraction of sp³-hybridized carbons (Fsp3) is 0.182. The number of aromatic nitrogens is 1. The summed E-state index contributed by atoms with van der Waals surface area (Å²) >= 11 is 0. The molecule has 4 nitrogen and oxygen atoms in total. The van der Waals surface area contributed by atoms with Crippen molar-refractivity contribution in [3.63, 3.8) is 0 Å². The number of nitrogens with one attached hydrogen (secondary N) is 1. The predicted octanol–water partition coefficient (Wildman–Crippen LogP) is 2.02. The van der Waals surface area contributed by atoms with Crippen LogP contribution in [-0.4, -0.2) is 16.2 Å². The van der Waals surface area contributed by atoms with Crippen LogP contribution in [0.5, 0.6) is 5.75 Å². The number of phenolic OH excluding ortho intramolecular Hbond substituents is 1. The molecule has 0 aliphatic rings. The molecule has 0 spiro atoms. The number of hydrogen-bond acceptors (Lipinski definition) is 3. The van der Waals surface area contributed by atoms with E-state index in [4.69, 9.17) is 0 Å². The van der Waals surface area contributed by atoms with Crippen LogP contribution in [0, 0.1) is 6.92 Å². The van der Waals surface area contributed by atoms with E-state index in [1.54, 1.807) is 6.07 Å². The van der Waals surface area contributed by atoms with Gasteiger partial charge in [-0.2, -0.15) is 0 Å². The van der Waals surface area contributed by atoms with Crippen molar-refractivity contribution < 1.29 is 9.90 Å². The van der Waals surface area contributed by atoms with Gasteiger partial charge in [0.2, 0.25) is 6.08 Å². The molecule has 0 amide bonds. The van der Waals surface area contributed by atoms with Crippen LogP contribution in [0.3, 0.4) is 0 Å². The Hall–Kier alpha value is -2.06. The summed E-state index contributed by atoms with van der Waals surface area (Å²) in [6.07, 6.45) is 1.45. The Morgan fingerprint density at radius 1 is 1.53 bits per heavy atom. The Morgan fingerprint density at radius 2 is 2.33 bits per heavy atom. The van der Waals surface area contributed by atoms with Crippen LogP contribution in [0.2, 0.25) is 0 Å². The van der Waals surface area contributed by atoms with Crippen LogP contribution in [0.4, 0.5) is 0 Å². The summed E-state index contributed by atoms with van der Waals surface area (Å²) in [6, 6.07) is 5.46. The Bertz CT molecular complexity index is 551. The number of aryl methyl sites for hydroxylation is 1. The minimum absolute atomic E-state index is 0.162. The molecule has 1 heterocycles. The van der Waals surface area contributed by atoms with Crippen LogP contribution in [-0.2, 0) is 11.3 Å². The molecule has 0 saturated heterocycles. The molecule has 0 bridgehead atoms. The molecular formula is C11H10N2O2. The number of carbonyl (C=O) groups excluding carboxylic acids is 1. The number of phenols is 1. The Kier molecular flexibility index (Phi) is 2.27. The lowest BCUT2D eigenvalue weighted by Gasteiger charge is -2.01. The number of rotatable bonds is 2. The van der Waals surface area contributed by atoms with Gasteiger partial charge in [0.15, 0.2) is 0 Å². The summed E-state index contributed by atoms with van der Waals surface area (Å²) in [5, 5.41) is 10.6. The Balaban J connectivity index is 2.58. The second kappa shape index (κ2) is 3.59. The first-order chi connectivity index (χ1) is 7.22. The van der Waals surface area contributed by atoms with Gasteiger partial charge in [-0.25, -0.2) is 9.79 Å². The van der Waals surface area contributed by atoms with Gasteiger partial charge in [-0.15, -0.1) is 0 Å². The third-order valence-corrected chi connectivity index (χ3v) is 2.31. The molecule has 0 radical (unpaired) electrons. The van der Waals surface area contributed by atoms with Crippen molar-refractivity contribution in [1.29, 1.82) is 0 Å². The number of hydrogen-bond donors (Lipinski definition) is 2. The molecule has 1 aromatic carbocycles. The molecule has 4 heteroatoms. The maximum absolute atomic E-state index is 9.98. The minimum atomic E-state index is 0.162. The SMILES string of the molecule is Cc1cc2c(O)c(CN=C=O)ccc2[nH]1. The lowest BCUT2D eigenvalue weighted by atomic mass is 10.1. The van der Waals surface area contributed by atoms with Gasteiger partial charge >= 0.3 is 0 Å². The first-order valence-electron chi connectivity index (χ1n) is 4.56. The van der Waals surface area contributed by atoms with Gasteiger partial charge in [0, 0.05) is 22.2 Å². The summed E-state index contributed by atoms with van der Waals surface area (Å²) < 4.78 is 0. The van der Waals surface area contributed by atoms with E-state index in [1.807, 2.05) is 19.1 Å². The highest BCUT2D eigenvalue weighted by Crippen LogP contribution is 2.29. The molecule has 2 aromatic rings. The Labute approximate surface area is 86.3 Å². The van der Waals surface area contributed by atoms with Crippen molar-refractivity contribution in [3.8, 4) is 5.75 Å². The van der Waals surface area contributed by atoms with E-state index in [-0.39, 0.29) is 12.3 Å². The molecule has 0 atom stereocenters. The largest absolute Gasteiger partial charge is 0.507 e. The molecular weight excluding hydrogens is 192 g/mol. The number of aliphatic imine (C=N–C) groups is 1. The number of H-pyrrole nitrogens is 1. The van der Waals surface area contributed by atoms with Crippen LogP contribution in [0.15, 0.2) is 23.2 Å². The molecule has 0 unspecified atom stereocenters. The van der Waals surface area contributed by atoms with E-state index in [0.29, 0.717) is 5.56 Å². The molecule has 1 aromatic heterocycles. The van der Waals surface area contributed by atoms with Gasteiger partial charge in [-0.05, 0) is 19.1 Å². The lowest BCUT2D eigenvalue weighted by Crippen LogP contribution is -1.82. The van der Waals surface area contributed by atoms with Gasteiger partial charge < -0.3 is 10.1 Å². The average molecular weight is 202 g/mol. The lowest BCUT2D eigenvalue weighted by molar-refractivity contribution is 0.475. The summed E-state index contributed by atoms with van der Waals surface area (Å²) in [5.74, 6) is 0.177. The number of aromatic amines is 1. The fourth-order valence-corrected chi connectivity index (χ4v) is 1.62. The van der Waals surface area contributed by atoms with Crippen LogP contribution in [0.1, 0.15) is 11.3 Å². The topological polar surface area (TPSA) is 65.5 Å². The maximum Gasteiger partial charge on any atom is 0.235 e. The highest BCUT2D eigenvalue weighted by molar-refractivity contribution is 5.87. The van der Waals surface area contributed by atoms with Gasteiger partial charge in [0.25, 0.3) is 0 Å². The molecule has 76 valence electrons. The molecule has 2 rings (SSSR count). The van der Waals surface area contributed by atoms with Crippen molar-refractivity contribution >= 4 is 17.0 Å². The molecule has 0 aliphatic heterocycles. The maximum atomic E-state index is 9.98. The van der Waals surface area contributed by atoms with Crippen molar-refractivity contribution in [1.82, 2.24) is 4.98 Å². The van der Waals surface area contributed by atoms with E-state index in [0.717, 1.165) is 16.6 Å². The summed E-state index contributed by atoms with van der Waals surface area (Å²) in [6.45, 7) is 2.08. The zero-order valence-corrected chi connectivity index (χ0v) is 8.24. The normalized spacial score (nSPS) is 10.2. The van der Waals surface area contributed by atoms with Gasteiger partial charge in [0.05, 0.1) is 6.54 Å². The number of nitrogens with zero attached hydrogens (tertiary/aromatic N) is 1. The van der Waals surface area contributed by atoms with E-state index in [9.17, 15) is 9.90 Å². The highest BCUT2D eigenvalue weighted by atomic mass is 16.3. The number of aromatic hydroxyl groups is 1. The molecule has 0 fully saturated rings. The summed E-state index contributed by atoms with van der Waals surface area (Å²) in [7, 11) is 0. The quantitative estimate of drug-likeness (QED) is 0.578. The van der Waals surface area contributed by atoms with Gasteiger partial charge in [-0.3, -0.25) is 0 Å². The van der Waals surface area contributed by atoms with Gasteiger partial charge in [-0.1, -0.05) is 6.07 Å². The van der Waals surface area contributed by atoms with Crippen LogP contribution >= 0.6 is 0 Å². The van der Waals surface area contributed by atoms with Gasteiger partial charge in [0.1, 0.15) is 5.75 Å². The number of benzene rings is 1. The van der Waals surface area contributed by atoms with Crippen molar-refractivity contribution in [2.45, 2.75) is 13.5 Å². The predicted molar refractivity (Wildman–Crippen MR) is 56.5 cm³/mol. The summed E-state index contributed by atoms with van der Waals surface area (Å²) in [5.41, 5.74) is 2.49. The smallest absolute Gasteiger partial charge is 0.235 e. The third kappa shape index (κ3) is 1.63. The zero-order valence-electron chi connectivity index (χ0n) is 8.24. The number of isocyanates is 1. The standard InChI is InChI=1S/C11H10N2O2/c1-7-4-9-10(13-7)3-2-8(11(9)15)5-12-6-14/h2-4,13,15H,5H2,1H3. The average Bonchev–Trinajstić information content (AvgIpc) is 2.59. The first-order valence-corrected chi connectivity index (χ1v) is 4.56. The monoisotopic (exact) mass is 202 g/mol. The second-order valence-corrected chi connectivity index (χ2v) is 3.39. The molecule has 0 saturated carbocycles. The van der Waals surface area contributed by atoms with Crippen LogP contribution < -0.4 is 0 Å². The molecule has 2 N–H and O–H groups in total. The van der Waals surface area contributed by atoms with Crippen molar-refractivity contribution in [2.75, 3.05) is 0 Å². The van der Waals surface area contributed by atoms with Crippen LogP contribution in [0.25, 0.3) is 10.9 Å². The zero-order chi connectivity index (χ0) is 10.8. The number of fused-ring (bicyclic) bond motifs is 1. The summed E-state index contributed by atoms with van der Waals surface area (Å²) in [4.78, 5) is 16.5. The first kappa shape index (κ1) is 9.49. The van der Waals surface area contributed by atoms with Crippen molar-refractivity contribution in [2.24, 2.45) is 4.99 Å². The second-order valence-electron chi connectivity index (χ2n) is 3.39. The van der Waals surface area contributed by atoms with E-state index in [2.05, 4.69) is 9.98 Å².